The molecule has 0 saturated heterocycles. The lowest BCUT2D eigenvalue weighted by Crippen LogP contribution is -2.46. The summed E-state index contributed by atoms with van der Waals surface area (Å²) in [5.41, 5.74) is 0.814. The maximum absolute atomic E-state index is 13.4. The van der Waals surface area contributed by atoms with Crippen LogP contribution in [0.2, 0.25) is 0 Å². The van der Waals surface area contributed by atoms with Crippen molar-refractivity contribution in [2.24, 2.45) is 0 Å². The Kier molecular flexibility index (Phi) is 4.03. The van der Waals surface area contributed by atoms with E-state index in [0.717, 1.165) is 4.47 Å². The van der Waals surface area contributed by atoms with Crippen molar-refractivity contribution in [3.63, 3.8) is 0 Å². The molecule has 19 heavy (non-hydrogen) atoms. The molecule has 1 aromatic rings. The van der Waals surface area contributed by atoms with Crippen molar-refractivity contribution >= 4 is 21.8 Å². The van der Waals surface area contributed by atoms with E-state index in [2.05, 4.69) is 15.9 Å². The summed E-state index contributed by atoms with van der Waals surface area (Å²) in [5.74, 6) is -0.515. The molecule has 2 rings (SSSR count). The summed E-state index contributed by atoms with van der Waals surface area (Å²) < 4.78 is 44.0. The van der Waals surface area contributed by atoms with Crippen LogP contribution in [0, 0.1) is 0 Å². The van der Waals surface area contributed by atoms with Gasteiger partial charge in [-0.05, 0) is 24.1 Å². The molecule has 0 bridgehead atoms. The van der Waals surface area contributed by atoms with Gasteiger partial charge in [0.25, 0.3) is 12.3 Å². The predicted octanol–water partition coefficient (Wildman–Crippen LogP) is 3.02. The number of methoxy groups -OCH3 is 1. The Morgan fingerprint density at radius 2 is 2.05 bits per heavy atom. The molecule has 0 aromatic heterocycles. The van der Waals surface area contributed by atoms with Gasteiger partial charge in [-0.1, -0.05) is 15.9 Å². The fourth-order valence-corrected chi connectivity index (χ4v) is 2.58. The first-order valence-corrected chi connectivity index (χ1v) is 6.34. The maximum atomic E-state index is 13.4. The number of hydrogen-bond acceptors (Lipinski definition) is 2. The van der Waals surface area contributed by atoms with E-state index in [1.165, 1.54) is 7.11 Å². The number of alkyl halides is 3. The SMILES string of the molecule is COc1cc(Br)cc2c1C(=O)N(C(F)C(F)F)CC2. The van der Waals surface area contributed by atoms with Crippen LogP contribution in [0.5, 0.6) is 5.75 Å². The van der Waals surface area contributed by atoms with Crippen LogP contribution in [0.15, 0.2) is 16.6 Å². The average Bonchev–Trinajstić information content (AvgIpc) is 2.37. The summed E-state index contributed by atoms with van der Waals surface area (Å²) >= 11 is 3.27. The number of halogens is 4. The fraction of sp³-hybridized carbons (Fsp3) is 0.417. The molecule has 0 N–H and O–H groups in total. The topological polar surface area (TPSA) is 29.5 Å². The molecule has 1 heterocycles. The van der Waals surface area contributed by atoms with Gasteiger partial charge in [-0.15, -0.1) is 0 Å². The van der Waals surface area contributed by atoms with Crippen molar-refractivity contribution in [1.82, 2.24) is 4.90 Å². The Morgan fingerprint density at radius 1 is 1.37 bits per heavy atom. The zero-order valence-electron chi connectivity index (χ0n) is 10.00. The highest BCUT2D eigenvalue weighted by molar-refractivity contribution is 9.10. The molecule has 1 unspecified atom stereocenters. The van der Waals surface area contributed by atoms with Gasteiger partial charge in [0.2, 0.25) is 6.30 Å². The number of hydrogen-bond donors (Lipinski definition) is 0. The smallest absolute Gasteiger partial charge is 0.287 e. The van der Waals surface area contributed by atoms with Crippen molar-refractivity contribution in [3.8, 4) is 5.75 Å². The van der Waals surface area contributed by atoms with E-state index in [-0.39, 0.29) is 17.9 Å². The summed E-state index contributed by atoms with van der Waals surface area (Å²) in [7, 11) is 1.37. The van der Waals surface area contributed by atoms with E-state index < -0.39 is 18.6 Å². The Hall–Kier alpha value is -1.24. The van der Waals surface area contributed by atoms with Crippen molar-refractivity contribution in [2.45, 2.75) is 19.1 Å². The molecule has 1 aliphatic rings. The molecular weight excluding hydrogens is 327 g/mol. The van der Waals surface area contributed by atoms with Crippen LogP contribution in [-0.2, 0) is 6.42 Å². The molecule has 1 aromatic carbocycles. The Bertz CT molecular complexity index is 493. The van der Waals surface area contributed by atoms with E-state index in [9.17, 15) is 18.0 Å². The third-order valence-electron chi connectivity index (χ3n) is 2.97. The lowest BCUT2D eigenvalue weighted by Gasteiger charge is -2.31. The average molecular weight is 338 g/mol. The molecule has 7 heteroatoms. The standard InChI is InChI=1S/C12H11BrF3NO2/c1-19-8-5-7(13)4-6-2-3-17(11(16)10(14)15)12(18)9(6)8/h4-5,10-11H,2-3H2,1H3. The number of amides is 1. The van der Waals surface area contributed by atoms with Crippen LogP contribution >= 0.6 is 15.9 Å². The molecule has 1 amide bonds. The van der Waals surface area contributed by atoms with Crippen molar-refractivity contribution in [3.05, 3.63) is 27.7 Å². The van der Waals surface area contributed by atoms with Crippen LogP contribution in [0.4, 0.5) is 13.2 Å². The molecule has 3 nitrogen and oxygen atoms in total. The van der Waals surface area contributed by atoms with Crippen LogP contribution in [0.3, 0.4) is 0 Å². The largest absolute Gasteiger partial charge is 0.496 e. The maximum Gasteiger partial charge on any atom is 0.287 e. The minimum Gasteiger partial charge on any atom is -0.496 e. The lowest BCUT2D eigenvalue weighted by molar-refractivity contribution is -0.0382. The fourth-order valence-electron chi connectivity index (χ4n) is 2.09. The summed E-state index contributed by atoms with van der Waals surface area (Å²) in [4.78, 5) is 12.7. The number of carbonyl (C=O) groups excluding carboxylic acids is 1. The van der Waals surface area contributed by atoms with E-state index in [1.54, 1.807) is 12.1 Å². The normalized spacial score (nSPS) is 16.5. The van der Waals surface area contributed by atoms with Crippen LogP contribution < -0.4 is 4.74 Å². The van der Waals surface area contributed by atoms with Gasteiger partial charge in [0.05, 0.1) is 12.7 Å². The Morgan fingerprint density at radius 3 is 2.63 bits per heavy atom. The molecule has 1 atom stereocenters. The summed E-state index contributed by atoms with van der Waals surface area (Å²) in [6.07, 6.45) is -5.50. The molecule has 0 saturated carbocycles. The predicted molar refractivity (Wildman–Crippen MR) is 66.3 cm³/mol. The third-order valence-corrected chi connectivity index (χ3v) is 3.43. The third kappa shape index (κ3) is 2.56. The number of rotatable bonds is 3. The first-order valence-electron chi connectivity index (χ1n) is 5.55. The van der Waals surface area contributed by atoms with Gasteiger partial charge in [-0.25, -0.2) is 13.2 Å². The van der Waals surface area contributed by atoms with Gasteiger partial charge in [0.15, 0.2) is 0 Å². The number of ether oxygens (including phenoxy) is 1. The highest BCUT2D eigenvalue weighted by atomic mass is 79.9. The molecule has 0 aliphatic carbocycles. The van der Waals surface area contributed by atoms with Crippen molar-refractivity contribution in [2.75, 3.05) is 13.7 Å². The highest BCUT2D eigenvalue weighted by Crippen LogP contribution is 2.33. The molecule has 0 fully saturated rings. The summed E-state index contributed by atoms with van der Waals surface area (Å²) in [5, 5.41) is 0. The van der Waals surface area contributed by atoms with Gasteiger partial charge < -0.3 is 9.64 Å². The van der Waals surface area contributed by atoms with Gasteiger partial charge in [0.1, 0.15) is 5.75 Å². The second kappa shape index (κ2) is 5.40. The summed E-state index contributed by atoms with van der Waals surface area (Å²) in [6.45, 7) is -0.0725. The second-order valence-electron chi connectivity index (χ2n) is 4.10. The van der Waals surface area contributed by atoms with E-state index in [4.69, 9.17) is 4.74 Å². The van der Waals surface area contributed by atoms with Gasteiger partial charge >= 0.3 is 0 Å². The highest BCUT2D eigenvalue weighted by Gasteiger charge is 2.36. The molecular formula is C12H11BrF3NO2. The monoisotopic (exact) mass is 337 g/mol. The van der Waals surface area contributed by atoms with Crippen LogP contribution in [0.25, 0.3) is 0 Å². The van der Waals surface area contributed by atoms with Gasteiger partial charge in [-0.3, -0.25) is 4.79 Å². The summed E-state index contributed by atoms with van der Waals surface area (Å²) in [6, 6.07) is 3.26. The van der Waals surface area contributed by atoms with E-state index >= 15 is 0 Å². The van der Waals surface area contributed by atoms with Crippen LogP contribution in [0.1, 0.15) is 15.9 Å². The lowest BCUT2D eigenvalue weighted by atomic mass is 9.98. The number of benzene rings is 1. The van der Waals surface area contributed by atoms with E-state index in [0.29, 0.717) is 16.9 Å². The first kappa shape index (κ1) is 14.2. The van der Waals surface area contributed by atoms with Crippen molar-refractivity contribution in [1.29, 1.82) is 0 Å². The van der Waals surface area contributed by atoms with Gasteiger partial charge in [-0.2, -0.15) is 0 Å². The molecule has 0 radical (unpaired) electrons. The van der Waals surface area contributed by atoms with Crippen molar-refractivity contribution < 1.29 is 22.7 Å². The van der Waals surface area contributed by atoms with Crippen LogP contribution in [-0.4, -0.2) is 37.2 Å². The molecule has 1 aliphatic heterocycles. The Labute approximate surface area is 116 Å². The minimum absolute atomic E-state index is 0.0725. The zero-order valence-corrected chi connectivity index (χ0v) is 11.6. The van der Waals surface area contributed by atoms with E-state index in [1.807, 2.05) is 0 Å². The zero-order chi connectivity index (χ0) is 14.2. The number of nitrogens with zero attached hydrogens (tertiary/aromatic N) is 1. The number of fused-ring (bicyclic) bond motifs is 1. The quantitative estimate of drug-likeness (QED) is 0.793. The van der Waals surface area contributed by atoms with Gasteiger partial charge in [0, 0.05) is 11.0 Å². The Balaban J connectivity index is 2.43. The first-order chi connectivity index (χ1) is 8.95. The number of carbonyl (C=O) groups is 1. The molecule has 0 spiro atoms. The molecule has 104 valence electrons. The minimum atomic E-state index is -3.22. The second-order valence-corrected chi connectivity index (χ2v) is 5.01.